The summed E-state index contributed by atoms with van der Waals surface area (Å²) in [5.74, 6) is -0.536. The third-order valence-corrected chi connectivity index (χ3v) is 14.2. The van der Waals surface area contributed by atoms with Crippen LogP contribution < -0.4 is 5.32 Å². The molecule has 0 radical (unpaired) electrons. The highest BCUT2D eigenvalue weighted by Crippen LogP contribution is 2.43. The Kier molecular flexibility index (Phi) is 53.0. The average Bonchev–Trinajstić information content (AvgIpc) is 3.38. The molecule has 0 aliphatic heterocycles. The van der Waals surface area contributed by atoms with Crippen molar-refractivity contribution in [1.82, 2.24) is 5.32 Å². The molecule has 3 atom stereocenters. The lowest BCUT2D eigenvalue weighted by Gasteiger charge is -2.27. The van der Waals surface area contributed by atoms with Crippen molar-refractivity contribution in [3.8, 4) is 0 Å². The molecule has 0 rings (SSSR count). The van der Waals surface area contributed by atoms with Gasteiger partial charge in [0.05, 0.1) is 33.8 Å². The van der Waals surface area contributed by atoms with Crippen molar-refractivity contribution in [2.24, 2.45) is 0 Å². The van der Waals surface area contributed by atoms with Crippen LogP contribution in [0.15, 0.2) is 97.2 Å². The molecule has 10 heteroatoms. The number of phosphoric acid groups is 1. The number of amides is 1. The van der Waals surface area contributed by atoms with Crippen LogP contribution in [0.1, 0.15) is 258 Å². The largest absolute Gasteiger partial charge is 0.472 e. The number of rotatable bonds is 55. The van der Waals surface area contributed by atoms with E-state index in [1.807, 2.05) is 33.3 Å². The zero-order valence-corrected chi connectivity index (χ0v) is 50.9. The Hall–Kier alpha value is -3.07. The summed E-state index contributed by atoms with van der Waals surface area (Å²) in [5, 5.41) is 3.04. The highest BCUT2D eigenvalue weighted by molar-refractivity contribution is 7.47. The van der Waals surface area contributed by atoms with Gasteiger partial charge in [0.25, 0.3) is 0 Å². The van der Waals surface area contributed by atoms with Crippen molar-refractivity contribution in [3.05, 3.63) is 97.2 Å². The van der Waals surface area contributed by atoms with Crippen LogP contribution in [0.4, 0.5) is 0 Å². The molecule has 0 aromatic heterocycles. The number of quaternary nitrogens is 1. The van der Waals surface area contributed by atoms with Gasteiger partial charge in [-0.2, -0.15) is 0 Å². The standard InChI is InChI=1S/C66H117N2O7P/c1-7-10-13-16-19-22-25-27-29-31-32-33-34-35-36-37-39-41-44-47-50-53-56-59-66(70)75-64(57-54-51-48-45-42-24-21-18-15-12-9-3)63(62-74-76(71,72)73-61-60-68(4,5)6)67-65(69)58-55-52-49-46-43-40-38-30-28-26-23-20-17-14-11-8-2/h11,14,19-20,22-23,27-30,32-33,35-36,54,57,63-64H,7-10,12-13,15-18,21,24-26,31,34,37-53,55-56,58-62H2,1-6H3,(H-,67,69,71,72)/p+1/b14-11+,22-19-,23-20+,29-27-,30-28+,33-32-,36-35-,57-54-. The van der Waals surface area contributed by atoms with Gasteiger partial charge < -0.3 is 19.4 Å². The highest BCUT2D eigenvalue weighted by Gasteiger charge is 2.30. The summed E-state index contributed by atoms with van der Waals surface area (Å²) in [7, 11) is 1.47. The number of likely N-dealkylation sites (N-methyl/N-ethyl adjacent to an activating group) is 1. The first-order valence-corrected chi connectivity index (χ1v) is 32.6. The quantitative estimate of drug-likeness (QED) is 0.0205. The molecule has 0 aliphatic rings. The Morgan fingerprint density at radius 3 is 1.29 bits per heavy atom. The molecule has 0 saturated carbocycles. The molecule has 0 aromatic carbocycles. The van der Waals surface area contributed by atoms with Crippen LogP contribution in [0.5, 0.6) is 0 Å². The minimum absolute atomic E-state index is 0.0310. The van der Waals surface area contributed by atoms with E-state index in [1.165, 1.54) is 89.9 Å². The SMILES string of the molecule is CC/C=C/C/C=C/C/C=C/CCCCCCCCC(=O)NC(COP(=O)(O)OCC[N+](C)(C)C)C(/C=C\CCCCCCCCCCC)OC(=O)CCCCCCCCC/C=C\C/C=C\C/C=C\C/C=C\CCCCC. The lowest BCUT2D eigenvalue weighted by molar-refractivity contribution is -0.870. The summed E-state index contributed by atoms with van der Waals surface area (Å²) in [6, 6.07) is -0.865. The van der Waals surface area contributed by atoms with Crippen LogP contribution in [0, 0.1) is 0 Å². The number of hydrogen-bond donors (Lipinski definition) is 2. The van der Waals surface area contributed by atoms with Crippen LogP contribution in [-0.2, 0) is 27.9 Å². The first-order valence-electron chi connectivity index (χ1n) is 31.1. The first-order chi connectivity index (χ1) is 36.9. The van der Waals surface area contributed by atoms with E-state index in [0.29, 0.717) is 17.4 Å². The summed E-state index contributed by atoms with van der Waals surface area (Å²) in [6.45, 7) is 6.84. The van der Waals surface area contributed by atoms with E-state index in [-0.39, 0.29) is 31.5 Å². The normalized spacial score (nSPS) is 14.4. The van der Waals surface area contributed by atoms with Crippen molar-refractivity contribution in [2.75, 3.05) is 40.9 Å². The third-order valence-electron chi connectivity index (χ3n) is 13.3. The van der Waals surface area contributed by atoms with Gasteiger partial charge >= 0.3 is 13.8 Å². The second kappa shape index (κ2) is 55.3. The van der Waals surface area contributed by atoms with Crippen LogP contribution in [-0.4, -0.2) is 74.3 Å². The molecule has 9 nitrogen and oxygen atoms in total. The average molecular weight is 1080 g/mol. The number of carbonyl (C=O) groups excluding carboxylic acids is 2. The topological polar surface area (TPSA) is 111 Å². The number of phosphoric ester groups is 1. The summed E-state index contributed by atoms with van der Waals surface area (Å²) < 4.78 is 30.7. The molecule has 0 saturated heterocycles. The molecule has 438 valence electrons. The number of nitrogens with zero attached hydrogens (tertiary/aromatic N) is 1. The Balaban J connectivity index is 5.23. The maximum absolute atomic E-state index is 13.5. The maximum atomic E-state index is 13.5. The molecule has 3 unspecified atom stereocenters. The molecule has 1 amide bonds. The van der Waals surface area contributed by atoms with Gasteiger partial charge in [-0.25, -0.2) is 4.57 Å². The van der Waals surface area contributed by atoms with Gasteiger partial charge in [-0.05, 0) is 109 Å². The van der Waals surface area contributed by atoms with Crippen molar-refractivity contribution in [3.63, 3.8) is 0 Å². The number of allylic oxidation sites excluding steroid dienone is 15. The van der Waals surface area contributed by atoms with Gasteiger partial charge in [0.15, 0.2) is 0 Å². The van der Waals surface area contributed by atoms with Gasteiger partial charge in [0.2, 0.25) is 5.91 Å². The Labute approximate surface area is 468 Å². The van der Waals surface area contributed by atoms with Gasteiger partial charge in [0, 0.05) is 12.8 Å². The molecule has 0 aromatic rings. The molecule has 0 spiro atoms. The van der Waals surface area contributed by atoms with Crippen LogP contribution in [0.3, 0.4) is 0 Å². The number of esters is 1. The van der Waals surface area contributed by atoms with Gasteiger partial charge in [-0.1, -0.05) is 234 Å². The maximum Gasteiger partial charge on any atom is 0.472 e. The molecule has 2 N–H and O–H groups in total. The predicted octanol–water partition coefficient (Wildman–Crippen LogP) is 19.2. The molecule has 0 fully saturated rings. The Morgan fingerprint density at radius 2 is 0.842 bits per heavy atom. The van der Waals surface area contributed by atoms with Gasteiger partial charge in [-0.3, -0.25) is 18.6 Å². The number of ether oxygens (including phenoxy) is 1. The zero-order chi connectivity index (χ0) is 55.7. The zero-order valence-electron chi connectivity index (χ0n) is 50.0. The van der Waals surface area contributed by atoms with Crippen molar-refractivity contribution >= 4 is 19.7 Å². The molecule has 0 heterocycles. The van der Waals surface area contributed by atoms with Gasteiger partial charge in [-0.15, -0.1) is 0 Å². The van der Waals surface area contributed by atoms with Crippen molar-refractivity contribution in [2.45, 2.75) is 270 Å². The minimum Gasteiger partial charge on any atom is -0.456 e. The number of unbranched alkanes of at least 4 members (excludes halogenated alkanes) is 25. The van der Waals surface area contributed by atoms with Crippen LogP contribution >= 0.6 is 7.82 Å². The summed E-state index contributed by atoms with van der Waals surface area (Å²) >= 11 is 0. The molecule has 76 heavy (non-hydrogen) atoms. The second-order valence-corrected chi connectivity index (χ2v) is 23.3. The molecule has 0 bridgehead atoms. The van der Waals surface area contributed by atoms with E-state index in [9.17, 15) is 19.0 Å². The molecular formula is C66H118N2O7P+. The van der Waals surface area contributed by atoms with Crippen LogP contribution in [0.25, 0.3) is 0 Å². The van der Waals surface area contributed by atoms with E-state index in [1.54, 1.807) is 0 Å². The monoisotopic (exact) mass is 1080 g/mol. The van der Waals surface area contributed by atoms with Gasteiger partial charge in [0.1, 0.15) is 19.3 Å². The lowest BCUT2D eigenvalue weighted by atomic mass is 10.1. The summed E-state index contributed by atoms with van der Waals surface area (Å²) in [6.07, 6.45) is 74.0. The Morgan fingerprint density at radius 1 is 0.474 bits per heavy atom. The highest BCUT2D eigenvalue weighted by atomic mass is 31.2. The third kappa shape index (κ3) is 55.7. The van der Waals surface area contributed by atoms with E-state index < -0.39 is 20.0 Å². The summed E-state index contributed by atoms with van der Waals surface area (Å²) in [4.78, 5) is 37.7. The fraction of sp³-hybridized carbons (Fsp3) is 0.727. The van der Waals surface area contributed by atoms with E-state index in [2.05, 4.69) is 111 Å². The fourth-order valence-electron chi connectivity index (χ4n) is 8.47. The fourth-order valence-corrected chi connectivity index (χ4v) is 9.20. The van der Waals surface area contributed by atoms with Crippen LogP contribution in [0.2, 0.25) is 0 Å². The first kappa shape index (κ1) is 72.9. The van der Waals surface area contributed by atoms with E-state index >= 15 is 0 Å². The van der Waals surface area contributed by atoms with Crippen molar-refractivity contribution < 1.29 is 37.3 Å². The number of nitrogens with one attached hydrogen (secondary N) is 1. The van der Waals surface area contributed by atoms with Crippen molar-refractivity contribution in [1.29, 1.82) is 0 Å². The number of hydrogen-bond acceptors (Lipinski definition) is 6. The smallest absolute Gasteiger partial charge is 0.456 e. The molecule has 0 aliphatic carbocycles. The minimum atomic E-state index is -4.46. The predicted molar refractivity (Wildman–Crippen MR) is 327 cm³/mol. The lowest BCUT2D eigenvalue weighted by Crippen LogP contribution is -2.47. The van der Waals surface area contributed by atoms with E-state index in [4.69, 9.17) is 13.8 Å². The Bertz CT molecular complexity index is 1620. The summed E-state index contributed by atoms with van der Waals surface area (Å²) in [5.41, 5.74) is 0. The second-order valence-electron chi connectivity index (χ2n) is 21.8. The number of carbonyl (C=O) groups is 2. The van der Waals surface area contributed by atoms with E-state index in [0.717, 1.165) is 135 Å². The molecular weight excluding hydrogens is 964 g/mol.